The van der Waals surface area contributed by atoms with E-state index in [2.05, 4.69) is 98.9 Å². The first kappa shape index (κ1) is 52.2. The molecule has 0 fully saturated rings. The van der Waals surface area contributed by atoms with Gasteiger partial charge in [-0.1, -0.05) is 131 Å². The second kappa shape index (κ2) is 40.8. The van der Waals surface area contributed by atoms with E-state index in [-0.39, 0.29) is 32.6 Å². The van der Waals surface area contributed by atoms with Crippen molar-refractivity contribution in [1.82, 2.24) is 0 Å². The number of ether oxygens (including phenoxy) is 2. The van der Waals surface area contributed by atoms with Gasteiger partial charge in [0.05, 0.1) is 13.2 Å². The third-order valence-electron chi connectivity index (χ3n) is 8.25. The molecule has 55 heavy (non-hydrogen) atoms. The van der Waals surface area contributed by atoms with Crippen molar-refractivity contribution in [2.45, 2.75) is 161 Å². The zero-order valence-electron chi connectivity index (χ0n) is 34.4. The Kier molecular flexibility index (Phi) is 38.8. The molecule has 0 aliphatic rings. The number of hydrogen-bond donors (Lipinski definition) is 2. The van der Waals surface area contributed by atoms with Crippen molar-refractivity contribution in [3.63, 3.8) is 0 Å². The van der Waals surface area contributed by atoms with Crippen LogP contribution in [0.15, 0.2) is 85.1 Å². The number of unbranched alkanes of at least 4 members (excludes halogenated alkanes) is 11. The molecule has 0 aromatic carbocycles. The van der Waals surface area contributed by atoms with Gasteiger partial charge in [0.25, 0.3) is 0 Å². The lowest BCUT2D eigenvalue weighted by Gasteiger charge is -2.19. The van der Waals surface area contributed by atoms with Crippen LogP contribution in [0.3, 0.4) is 0 Å². The fourth-order valence-corrected chi connectivity index (χ4v) is 5.86. The van der Waals surface area contributed by atoms with E-state index in [1.165, 1.54) is 44.9 Å². The third-order valence-corrected chi connectivity index (χ3v) is 9.24. The number of hydrogen-bond acceptors (Lipinski definition) is 8. The summed E-state index contributed by atoms with van der Waals surface area (Å²) in [6, 6.07) is 0. The molecule has 0 spiro atoms. The van der Waals surface area contributed by atoms with Crippen LogP contribution in [0.4, 0.5) is 0 Å². The highest BCUT2D eigenvalue weighted by atomic mass is 31.2. The average Bonchev–Trinajstić information content (AvgIpc) is 3.17. The van der Waals surface area contributed by atoms with Crippen molar-refractivity contribution >= 4 is 19.8 Å². The molecular formula is C45H76NO8P. The standard InChI is InChI=1S/C45H76NO8P/c1-3-5-7-9-11-13-15-17-19-20-21-22-24-26-28-30-32-34-36-38-45(48)54-43(42-53-55(49,50)52-40-39-46)41-51-44(47)37-35-33-31-29-27-25-23-18-16-14-12-10-8-6-4-2/h11-14,17-19,21-23,26-29,43H,3-10,15-16,20,24-25,30-42,46H2,1-2H3,(H,49,50)/b13-11+,14-12+,19-17+,22-21+,23-18+,28-26+,29-27+/t43-/m1/s1. The van der Waals surface area contributed by atoms with Gasteiger partial charge in [0.2, 0.25) is 0 Å². The first-order valence-electron chi connectivity index (χ1n) is 21.1. The number of nitrogens with two attached hydrogens (primary N) is 1. The summed E-state index contributed by atoms with van der Waals surface area (Å²) in [6.45, 7) is 3.57. The summed E-state index contributed by atoms with van der Waals surface area (Å²) in [5, 5.41) is 0. The molecule has 0 aliphatic heterocycles. The van der Waals surface area contributed by atoms with E-state index in [1.807, 2.05) is 0 Å². The normalized spacial score (nSPS) is 14.2. The first-order valence-corrected chi connectivity index (χ1v) is 22.6. The number of esters is 2. The topological polar surface area (TPSA) is 134 Å². The molecule has 0 bridgehead atoms. The van der Waals surface area contributed by atoms with Crippen LogP contribution in [-0.4, -0.2) is 49.3 Å². The van der Waals surface area contributed by atoms with E-state index in [9.17, 15) is 19.0 Å². The van der Waals surface area contributed by atoms with E-state index in [1.54, 1.807) is 0 Å². The van der Waals surface area contributed by atoms with Crippen molar-refractivity contribution in [3.8, 4) is 0 Å². The lowest BCUT2D eigenvalue weighted by Crippen LogP contribution is -2.29. The summed E-state index contributed by atoms with van der Waals surface area (Å²) in [5.74, 6) is -0.919. The fraction of sp³-hybridized carbons (Fsp3) is 0.644. The second-order valence-electron chi connectivity index (χ2n) is 13.5. The van der Waals surface area contributed by atoms with E-state index in [0.717, 1.165) is 70.6 Å². The van der Waals surface area contributed by atoms with Crippen LogP contribution in [0.1, 0.15) is 155 Å². The highest BCUT2D eigenvalue weighted by molar-refractivity contribution is 7.47. The Morgan fingerprint density at radius 1 is 0.545 bits per heavy atom. The van der Waals surface area contributed by atoms with E-state index in [4.69, 9.17) is 24.3 Å². The summed E-state index contributed by atoms with van der Waals surface area (Å²) in [5.41, 5.74) is 5.34. The van der Waals surface area contributed by atoms with Gasteiger partial charge in [0.15, 0.2) is 6.10 Å². The summed E-state index contributed by atoms with van der Waals surface area (Å²) < 4.78 is 32.7. The molecule has 9 nitrogen and oxygen atoms in total. The van der Waals surface area contributed by atoms with Gasteiger partial charge in [-0.25, -0.2) is 4.57 Å². The minimum absolute atomic E-state index is 0.0380. The van der Waals surface area contributed by atoms with E-state index < -0.39 is 32.5 Å². The van der Waals surface area contributed by atoms with Gasteiger partial charge in [0, 0.05) is 19.4 Å². The van der Waals surface area contributed by atoms with Crippen LogP contribution in [0.25, 0.3) is 0 Å². The molecule has 2 atom stereocenters. The van der Waals surface area contributed by atoms with E-state index >= 15 is 0 Å². The van der Waals surface area contributed by atoms with Gasteiger partial charge < -0.3 is 20.1 Å². The van der Waals surface area contributed by atoms with E-state index in [0.29, 0.717) is 12.8 Å². The Balaban J connectivity index is 4.33. The number of phosphoric acid groups is 1. The van der Waals surface area contributed by atoms with Gasteiger partial charge in [-0.05, 0) is 96.3 Å². The molecule has 0 amide bonds. The van der Waals surface area contributed by atoms with Crippen LogP contribution in [0.2, 0.25) is 0 Å². The van der Waals surface area contributed by atoms with Crippen molar-refractivity contribution < 1.29 is 37.6 Å². The molecule has 0 aromatic rings. The highest BCUT2D eigenvalue weighted by Gasteiger charge is 2.25. The smallest absolute Gasteiger partial charge is 0.462 e. The number of phosphoric ester groups is 1. The SMILES string of the molecule is CCCCC/C=C/C/C=C/C/C=C/C/C=C/CCCCCC(=O)O[C@H](COC(=O)CCCC/C=C/C/C=C/C/C=C/CCCCC)COP(=O)(O)OCCN. The van der Waals surface area contributed by atoms with Gasteiger partial charge in [-0.15, -0.1) is 0 Å². The number of carbonyl (C=O) groups excluding carboxylic acids is 2. The molecule has 1 unspecified atom stereocenters. The molecular weight excluding hydrogens is 713 g/mol. The zero-order chi connectivity index (χ0) is 40.3. The highest BCUT2D eigenvalue weighted by Crippen LogP contribution is 2.43. The molecule has 0 heterocycles. The van der Waals surface area contributed by atoms with Crippen LogP contribution in [0.5, 0.6) is 0 Å². The minimum atomic E-state index is -4.40. The fourth-order valence-electron chi connectivity index (χ4n) is 5.09. The maximum Gasteiger partial charge on any atom is 0.472 e. The molecule has 0 saturated heterocycles. The van der Waals surface area contributed by atoms with Crippen LogP contribution in [-0.2, 0) is 32.7 Å². The molecule has 0 radical (unpaired) electrons. The van der Waals surface area contributed by atoms with Gasteiger partial charge >= 0.3 is 19.8 Å². The maximum atomic E-state index is 12.6. The summed E-state index contributed by atoms with van der Waals surface area (Å²) >= 11 is 0. The Bertz CT molecular complexity index is 1170. The Labute approximate surface area is 334 Å². The van der Waals surface area contributed by atoms with Gasteiger partial charge in [0.1, 0.15) is 6.61 Å². The van der Waals surface area contributed by atoms with Crippen LogP contribution >= 0.6 is 7.82 Å². The summed E-state index contributed by atoms with van der Waals surface area (Å²) in [7, 11) is -4.40. The van der Waals surface area contributed by atoms with Crippen molar-refractivity contribution in [2.75, 3.05) is 26.4 Å². The number of carbonyl (C=O) groups is 2. The third kappa shape index (κ3) is 40.7. The largest absolute Gasteiger partial charge is 0.472 e. The van der Waals surface area contributed by atoms with Crippen molar-refractivity contribution in [3.05, 3.63) is 85.1 Å². The molecule has 314 valence electrons. The summed E-state index contributed by atoms with van der Waals surface area (Å²) in [6.07, 6.45) is 50.4. The van der Waals surface area contributed by atoms with Crippen LogP contribution in [0, 0.1) is 0 Å². The molecule has 3 N–H and O–H groups in total. The van der Waals surface area contributed by atoms with Gasteiger partial charge in [-0.2, -0.15) is 0 Å². The van der Waals surface area contributed by atoms with Crippen molar-refractivity contribution in [2.24, 2.45) is 5.73 Å². The minimum Gasteiger partial charge on any atom is -0.462 e. The molecule has 0 aliphatic carbocycles. The predicted molar refractivity (Wildman–Crippen MR) is 229 cm³/mol. The van der Waals surface area contributed by atoms with Crippen molar-refractivity contribution in [1.29, 1.82) is 0 Å². The Morgan fingerprint density at radius 2 is 0.945 bits per heavy atom. The second-order valence-corrected chi connectivity index (χ2v) is 14.9. The number of allylic oxidation sites excluding steroid dienone is 14. The average molecular weight is 790 g/mol. The maximum absolute atomic E-state index is 12.6. The molecule has 0 rings (SSSR count). The van der Waals surface area contributed by atoms with Crippen LogP contribution < -0.4 is 5.73 Å². The quantitative estimate of drug-likeness (QED) is 0.0271. The lowest BCUT2D eigenvalue weighted by molar-refractivity contribution is -0.161. The predicted octanol–water partition coefficient (Wildman–Crippen LogP) is 12.0. The molecule has 0 aromatic heterocycles. The summed E-state index contributed by atoms with van der Waals surface area (Å²) in [4.78, 5) is 34.8. The Morgan fingerprint density at radius 3 is 1.40 bits per heavy atom. The number of rotatable bonds is 38. The lowest BCUT2D eigenvalue weighted by atomic mass is 10.1. The van der Waals surface area contributed by atoms with Gasteiger partial charge in [-0.3, -0.25) is 18.6 Å². The Hall–Kier alpha value is -2.81. The zero-order valence-corrected chi connectivity index (χ0v) is 35.3. The first-order chi connectivity index (χ1) is 26.8. The molecule has 10 heteroatoms. The monoisotopic (exact) mass is 790 g/mol. The molecule has 0 saturated carbocycles.